The minimum absolute atomic E-state index is 0.0692. The number of nitrogens with one attached hydrogen (secondary N) is 1. The molecule has 1 fully saturated rings. The largest absolute Gasteiger partial charge is 0.459 e. The van der Waals surface area contributed by atoms with Crippen LogP contribution in [0.2, 0.25) is 0 Å². The molecule has 2 rings (SSSR count). The van der Waals surface area contributed by atoms with Gasteiger partial charge in [-0.3, -0.25) is 4.79 Å². The summed E-state index contributed by atoms with van der Waals surface area (Å²) >= 11 is 0. The van der Waals surface area contributed by atoms with Crippen molar-refractivity contribution in [2.75, 3.05) is 19.7 Å². The highest BCUT2D eigenvalue weighted by Gasteiger charge is 2.25. The molecule has 0 spiro atoms. The SMILES string of the molecule is CCCCOC(=O)NC1CCN(C(=O)c2ccco2)CC1. The van der Waals surface area contributed by atoms with Crippen LogP contribution < -0.4 is 5.32 Å². The molecule has 2 heterocycles. The third-order valence-corrected chi connectivity index (χ3v) is 3.57. The van der Waals surface area contributed by atoms with Crippen LogP contribution in [-0.2, 0) is 4.74 Å². The summed E-state index contributed by atoms with van der Waals surface area (Å²) < 4.78 is 10.2. The Hall–Kier alpha value is -1.98. The van der Waals surface area contributed by atoms with Crippen molar-refractivity contribution in [1.29, 1.82) is 0 Å². The molecule has 0 radical (unpaired) electrons. The molecule has 6 heteroatoms. The lowest BCUT2D eigenvalue weighted by Crippen LogP contribution is -2.46. The Kier molecular flexibility index (Phi) is 5.66. The summed E-state index contributed by atoms with van der Waals surface area (Å²) in [6.07, 6.45) is 4.47. The Balaban J connectivity index is 1.71. The van der Waals surface area contributed by atoms with Crippen molar-refractivity contribution in [3.63, 3.8) is 0 Å². The van der Waals surface area contributed by atoms with Gasteiger partial charge in [-0.05, 0) is 31.4 Å². The number of hydrogen-bond donors (Lipinski definition) is 1. The van der Waals surface area contributed by atoms with Gasteiger partial charge in [-0.25, -0.2) is 4.79 Å². The van der Waals surface area contributed by atoms with Crippen LogP contribution in [0.25, 0.3) is 0 Å². The fraction of sp³-hybridized carbons (Fsp3) is 0.600. The molecule has 6 nitrogen and oxygen atoms in total. The maximum Gasteiger partial charge on any atom is 0.407 e. The lowest BCUT2D eigenvalue weighted by Gasteiger charge is -2.31. The van der Waals surface area contributed by atoms with Crippen LogP contribution >= 0.6 is 0 Å². The van der Waals surface area contributed by atoms with Gasteiger partial charge in [-0.1, -0.05) is 13.3 Å². The van der Waals surface area contributed by atoms with Gasteiger partial charge < -0.3 is 19.4 Å². The van der Waals surface area contributed by atoms with Gasteiger partial charge in [0, 0.05) is 19.1 Å². The molecule has 0 aliphatic carbocycles. The second-order valence-corrected chi connectivity index (χ2v) is 5.18. The number of amides is 2. The van der Waals surface area contributed by atoms with Gasteiger partial charge in [0.1, 0.15) is 0 Å². The normalized spacial score (nSPS) is 15.8. The molecular formula is C15H22N2O4. The van der Waals surface area contributed by atoms with E-state index in [2.05, 4.69) is 5.32 Å². The van der Waals surface area contributed by atoms with Gasteiger partial charge in [0.25, 0.3) is 5.91 Å². The minimum atomic E-state index is -0.362. The minimum Gasteiger partial charge on any atom is -0.459 e. The molecule has 1 saturated heterocycles. The van der Waals surface area contributed by atoms with Crippen molar-refractivity contribution in [2.24, 2.45) is 0 Å². The average Bonchev–Trinajstić information content (AvgIpc) is 3.02. The van der Waals surface area contributed by atoms with E-state index < -0.39 is 0 Å². The number of rotatable bonds is 5. The van der Waals surface area contributed by atoms with Crippen LogP contribution in [0.3, 0.4) is 0 Å². The Morgan fingerprint density at radius 1 is 1.43 bits per heavy atom. The fourth-order valence-electron chi connectivity index (χ4n) is 2.30. The molecule has 0 bridgehead atoms. The number of carbonyl (C=O) groups is 2. The predicted molar refractivity (Wildman–Crippen MR) is 77.0 cm³/mol. The van der Waals surface area contributed by atoms with Crippen molar-refractivity contribution in [1.82, 2.24) is 10.2 Å². The van der Waals surface area contributed by atoms with Crippen molar-refractivity contribution >= 4 is 12.0 Å². The van der Waals surface area contributed by atoms with E-state index in [0.29, 0.717) is 25.5 Å². The summed E-state index contributed by atoms with van der Waals surface area (Å²) in [5.41, 5.74) is 0. The second kappa shape index (κ2) is 7.71. The average molecular weight is 294 g/mol. The fourth-order valence-corrected chi connectivity index (χ4v) is 2.30. The molecule has 1 aromatic heterocycles. The van der Waals surface area contributed by atoms with Gasteiger partial charge >= 0.3 is 6.09 Å². The standard InChI is InChI=1S/C15H22N2O4/c1-2-3-10-21-15(19)16-12-6-8-17(9-7-12)14(18)13-5-4-11-20-13/h4-5,11-12H,2-3,6-10H2,1H3,(H,16,19). The van der Waals surface area contributed by atoms with E-state index in [1.54, 1.807) is 17.0 Å². The number of furan rings is 1. The summed E-state index contributed by atoms with van der Waals surface area (Å²) in [4.78, 5) is 25.4. The first-order valence-electron chi connectivity index (χ1n) is 7.46. The Bertz CT molecular complexity index is 450. The van der Waals surface area contributed by atoms with Crippen LogP contribution in [-0.4, -0.2) is 42.6 Å². The van der Waals surface area contributed by atoms with E-state index in [1.807, 2.05) is 6.92 Å². The number of hydrogen-bond acceptors (Lipinski definition) is 4. The van der Waals surface area contributed by atoms with E-state index in [4.69, 9.17) is 9.15 Å². The van der Waals surface area contributed by atoms with E-state index in [1.165, 1.54) is 6.26 Å². The van der Waals surface area contributed by atoms with Crippen LogP contribution in [0.4, 0.5) is 4.79 Å². The number of alkyl carbamates (subject to hydrolysis) is 1. The highest BCUT2D eigenvalue weighted by molar-refractivity contribution is 5.91. The Labute approximate surface area is 124 Å². The zero-order valence-electron chi connectivity index (χ0n) is 12.3. The molecule has 21 heavy (non-hydrogen) atoms. The van der Waals surface area contributed by atoms with Crippen molar-refractivity contribution in [3.05, 3.63) is 24.2 Å². The molecule has 1 aromatic rings. The van der Waals surface area contributed by atoms with Crippen LogP contribution in [0, 0.1) is 0 Å². The number of nitrogens with zero attached hydrogens (tertiary/aromatic N) is 1. The maximum absolute atomic E-state index is 12.1. The Morgan fingerprint density at radius 2 is 2.19 bits per heavy atom. The van der Waals surface area contributed by atoms with Gasteiger partial charge in [0.15, 0.2) is 5.76 Å². The summed E-state index contributed by atoms with van der Waals surface area (Å²) in [5, 5.41) is 2.85. The first kappa shape index (κ1) is 15.4. The van der Waals surface area contributed by atoms with Gasteiger partial charge in [-0.2, -0.15) is 0 Å². The van der Waals surface area contributed by atoms with Crippen LogP contribution in [0.1, 0.15) is 43.2 Å². The molecule has 2 amide bonds. The molecule has 0 unspecified atom stereocenters. The lowest BCUT2D eigenvalue weighted by atomic mass is 10.1. The van der Waals surface area contributed by atoms with E-state index >= 15 is 0 Å². The first-order chi connectivity index (χ1) is 10.2. The third kappa shape index (κ3) is 4.51. The summed E-state index contributed by atoms with van der Waals surface area (Å²) in [6.45, 7) is 3.73. The molecule has 1 aliphatic rings. The highest BCUT2D eigenvalue weighted by atomic mass is 16.5. The summed E-state index contributed by atoms with van der Waals surface area (Å²) in [5.74, 6) is 0.268. The van der Waals surface area contributed by atoms with Gasteiger partial charge in [0.2, 0.25) is 0 Å². The second-order valence-electron chi connectivity index (χ2n) is 5.18. The van der Waals surface area contributed by atoms with Crippen molar-refractivity contribution < 1.29 is 18.7 Å². The molecular weight excluding hydrogens is 272 g/mol. The zero-order valence-corrected chi connectivity index (χ0v) is 12.3. The first-order valence-corrected chi connectivity index (χ1v) is 7.46. The molecule has 0 aromatic carbocycles. The lowest BCUT2D eigenvalue weighted by molar-refractivity contribution is 0.0670. The monoisotopic (exact) mass is 294 g/mol. The van der Waals surface area contributed by atoms with Crippen molar-refractivity contribution in [3.8, 4) is 0 Å². The summed E-state index contributed by atoms with van der Waals surface area (Å²) in [7, 11) is 0. The van der Waals surface area contributed by atoms with Crippen molar-refractivity contribution in [2.45, 2.75) is 38.6 Å². The molecule has 0 atom stereocenters. The molecule has 1 N–H and O–H groups in total. The highest BCUT2D eigenvalue weighted by Crippen LogP contribution is 2.14. The smallest absolute Gasteiger partial charge is 0.407 e. The van der Waals surface area contributed by atoms with Crippen LogP contribution in [0.5, 0.6) is 0 Å². The number of carbonyl (C=O) groups excluding carboxylic acids is 2. The number of unbranched alkanes of at least 4 members (excludes halogenated alkanes) is 1. The molecule has 1 aliphatic heterocycles. The number of likely N-dealkylation sites (tertiary alicyclic amines) is 1. The van der Waals surface area contributed by atoms with Crippen LogP contribution in [0.15, 0.2) is 22.8 Å². The topological polar surface area (TPSA) is 71.8 Å². The predicted octanol–water partition coefficient (Wildman–Crippen LogP) is 2.41. The number of ether oxygens (including phenoxy) is 1. The molecule has 0 saturated carbocycles. The number of piperidine rings is 1. The van der Waals surface area contributed by atoms with Gasteiger partial charge in [-0.15, -0.1) is 0 Å². The van der Waals surface area contributed by atoms with Gasteiger partial charge in [0.05, 0.1) is 12.9 Å². The Morgan fingerprint density at radius 3 is 2.81 bits per heavy atom. The van der Waals surface area contributed by atoms with E-state index in [-0.39, 0.29) is 18.0 Å². The quantitative estimate of drug-likeness (QED) is 0.846. The third-order valence-electron chi connectivity index (χ3n) is 3.57. The molecule has 116 valence electrons. The summed E-state index contributed by atoms with van der Waals surface area (Å²) in [6, 6.07) is 3.44. The maximum atomic E-state index is 12.1. The zero-order chi connectivity index (χ0) is 15.1. The van der Waals surface area contributed by atoms with E-state index in [9.17, 15) is 9.59 Å². The van der Waals surface area contributed by atoms with E-state index in [0.717, 1.165) is 25.7 Å².